The molecule has 0 unspecified atom stereocenters. The molecule has 0 saturated heterocycles. The number of imidazole rings is 1. The fourth-order valence-electron chi connectivity index (χ4n) is 3.82. The van der Waals surface area contributed by atoms with Gasteiger partial charge in [0.2, 0.25) is 0 Å². The highest BCUT2D eigenvalue weighted by molar-refractivity contribution is 5.59. The first-order chi connectivity index (χ1) is 12.7. The lowest BCUT2D eigenvalue weighted by Gasteiger charge is -2.16. The van der Waals surface area contributed by atoms with Crippen LogP contribution in [-0.2, 0) is 0 Å². The molecule has 0 fully saturated rings. The fraction of sp³-hybridized carbons (Fsp3) is 0.348. The number of benzene rings is 2. The molecule has 0 N–H and O–H groups in total. The van der Waals surface area contributed by atoms with E-state index in [1.165, 1.54) is 45.0 Å². The molecule has 150 valence electrons. The van der Waals surface area contributed by atoms with Crippen molar-refractivity contribution in [1.29, 1.82) is 0 Å². The number of halogens is 1. The second-order valence-corrected chi connectivity index (χ2v) is 7.87. The van der Waals surface area contributed by atoms with Crippen LogP contribution in [0.1, 0.15) is 22.3 Å². The van der Waals surface area contributed by atoms with Crippen molar-refractivity contribution in [2.75, 3.05) is 38.0 Å². The Morgan fingerprint density at radius 2 is 1.14 bits per heavy atom. The first-order valence-corrected chi connectivity index (χ1v) is 9.36. The van der Waals surface area contributed by atoms with Crippen LogP contribution in [0.15, 0.2) is 43.0 Å². The molecular weight excluding hydrogens is 368 g/mol. The summed E-state index contributed by atoms with van der Waals surface area (Å²) in [6.45, 7) is 8.73. The molecule has 0 radical (unpaired) electrons. The Labute approximate surface area is 175 Å². The van der Waals surface area contributed by atoms with Crippen molar-refractivity contribution < 1.29 is 17.0 Å². The van der Waals surface area contributed by atoms with Gasteiger partial charge in [-0.3, -0.25) is 0 Å². The minimum absolute atomic E-state index is 0. The predicted octanol–water partition coefficient (Wildman–Crippen LogP) is 1.12. The van der Waals surface area contributed by atoms with Crippen LogP contribution in [0.3, 0.4) is 0 Å². The Hall–Kier alpha value is -2.46. The fourth-order valence-corrected chi connectivity index (χ4v) is 3.82. The average Bonchev–Trinajstić information content (AvgIpc) is 3.02. The first-order valence-electron chi connectivity index (χ1n) is 9.36. The summed E-state index contributed by atoms with van der Waals surface area (Å²) in [5.74, 6) is 0. The van der Waals surface area contributed by atoms with Gasteiger partial charge in [0.25, 0.3) is 6.33 Å². The van der Waals surface area contributed by atoms with Gasteiger partial charge in [0, 0.05) is 39.6 Å². The Bertz CT molecular complexity index is 862. The molecule has 1 aromatic heterocycles. The van der Waals surface area contributed by atoms with Gasteiger partial charge in [-0.1, -0.05) is 0 Å². The summed E-state index contributed by atoms with van der Waals surface area (Å²) in [6, 6.07) is 8.98. The zero-order valence-electron chi connectivity index (χ0n) is 18.2. The van der Waals surface area contributed by atoms with E-state index in [4.69, 9.17) is 0 Å². The number of hydrogen-bond donors (Lipinski definition) is 0. The molecule has 0 aliphatic heterocycles. The summed E-state index contributed by atoms with van der Waals surface area (Å²) < 4.78 is 4.45. The van der Waals surface area contributed by atoms with Gasteiger partial charge in [-0.05, 0) is 74.2 Å². The molecule has 0 spiro atoms. The van der Waals surface area contributed by atoms with Crippen LogP contribution < -0.4 is 26.8 Å². The van der Waals surface area contributed by atoms with E-state index in [-0.39, 0.29) is 12.4 Å². The number of anilines is 2. The van der Waals surface area contributed by atoms with Crippen molar-refractivity contribution in [3.8, 4) is 11.4 Å². The van der Waals surface area contributed by atoms with Crippen LogP contribution in [0, 0.1) is 27.7 Å². The number of aryl methyl sites for hydroxylation is 4. The Kier molecular flexibility index (Phi) is 6.45. The Morgan fingerprint density at radius 1 is 0.714 bits per heavy atom. The average molecular weight is 399 g/mol. The Morgan fingerprint density at radius 3 is 1.57 bits per heavy atom. The van der Waals surface area contributed by atoms with Gasteiger partial charge in [0.1, 0.15) is 23.8 Å². The van der Waals surface area contributed by atoms with Crippen LogP contribution in [0.4, 0.5) is 11.4 Å². The minimum atomic E-state index is 0. The second-order valence-electron chi connectivity index (χ2n) is 7.87. The molecule has 0 saturated carbocycles. The van der Waals surface area contributed by atoms with Gasteiger partial charge in [-0.15, -0.1) is 0 Å². The molecule has 28 heavy (non-hydrogen) atoms. The van der Waals surface area contributed by atoms with Crippen LogP contribution in [-0.4, -0.2) is 32.8 Å². The highest BCUT2D eigenvalue weighted by Gasteiger charge is 2.18. The zero-order chi connectivity index (χ0) is 19.9. The summed E-state index contributed by atoms with van der Waals surface area (Å²) in [7, 11) is 8.34. The third-order valence-corrected chi connectivity index (χ3v) is 5.14. The smallest absolute Gasteiger partial charge is 0.254 e. The molecule has 1 heterocycles. The summed E-state index contributed by atoms with van der Waals surface area (Å²) >= 11 is 0. The van der Waals surface area contributed by atoms with Crippen molar-refractivity contribution in [1.82, 2.24) is 4.57 Å². The van der Waals surface area contributed by atoms with E-state index in [2.05, 4.69) is 118 Å². The van der Waals surface area contributed by atoms with E-state index in [9.17, 15) is 0 Å². The van der Waals surface area contributed by atoms with Crippen LogP contribution >= 0.6 is 0 Å². The highest BCUT2D eigenvalue weighted by atomic mass is 35.5. The van der Waals surface area contributed by atoms with E-state index >= 15 is 0 Å². The highest BCUT2D eigenvalue weighted by Crippen LogP contribution is 2.26. The normalized spacial score (nSPS) is 10.6. The molecule has 2 aromatic carbocycles. The van der Waals surface area contributed by atoms with Gasteiger partial charge in [0.15, 0.2) is 0 Å². The van der Waals surface area contributed by atoms with E-state index < -0.39 is 0 Å². The molecule has 0 aliphatic rings. The number of hydrogen-bond acceptors (Lipinski definition) is 2. The second kappa shape index (κ2) is 8.27. The number of rotatable bonds is 4. The topological polar surface area (TPSA) is 15.3 Å². The van der Waals surface area contributed by atoms with Crippen molar-refractivity contribution >= 4 is 11.4 Å². The van der Waals surface area contributed by atoms with Gasteiger partial charge in [-0.25, -0.2) is 9.13 Å². The molecule has 0 amide bonds. The molecule has 3 aromatic rings. The maximum absolute atomic E-state index is 2.25. The lowest BCUT2D eigenvalue weighted by atomic mass is 10.1. The standard InChI is InChI=1S/C23H31N4.ClH/c1-16-11-20(24(5)6)12-17(2)22(16)26-9-10-27(15-26)23-18(3)13-21(25(7)8)14-19(23)4;/h9-15H,1-8H3;1H/q+1;/p-1. The summed E-state index contributed by atoms with van der Waals surface area (Å²) in [4.78, 5) is 4.30. The van der Waals surface area contributed by atoms with Gasteiger partial charge in [-0.2, -0.15) is 0 Å². The minimum Gasteiger partial charge on any atom is -1.00 e. The lowest BCUT2D eigenvalue weighted by Crippen LogP contribution is -3.00. The maximum Gasteiger partial charge on any atom is 0.254 e. The summed E-state index contributed by atoms with van der Waals surface area (Å²) in [5, 5.41) is 0. The zero-order valence-corrected chi connectivity index (χ0v) is 19.0. The monoisotopic (exact) mass is 398 g/mol. The van der Waals surface area contributed by atoms with E-state index in [1.54, 1.807) is 0 Å². The molecule has 0 aliphatic carbocycles. The van der Waals surface area contributed by atoms with Crippen molar-refractivity contribution in [2.24, 2.45) is 0 Å². The van der Waals surface area contributed by atoms with Crippen molar-refractivity contribution in [2.45, 2.75) is 27.7 Å². The molecule has 0 bridgehead atoms. The molecule has 4 nitrogen and oxygen atoms in total. The van der Waals surface area contributed by atoms with Crippen LogP contribution in [0.2, 0.25) is 0 Å². The van der Waals surface area contributed by atoms with E-state index in [0.29, 0.717) is 0 Å². The van der Waals surface area contributed by atoms with Crippen LogP contribution in [0.5, 0.6) is 0 Å². The summed E-state index contributed by atoms with van der Waals surface area (Å²) in [6.07, 6.45) is 6.46. The lowest BCUT2D eigenvalue weighted by molar-refractivity contribution is -0.595. The molecule has 5 heteroatoms. The van der Waals surface area contributed by atoms with Gasteiger partial charge in [0.05, 0.1) is 0 Å². The van der Waals surface area contributed by atoms with Gasteiger partial charge >= 0.3 is 0 Å². The maximum atomic E-state index is 2.25. The third-order valence-electron chi connectivity index (χ3n) is 5.14. The molecule has 0 atom stereocenters. The van der Waals surface area contributed by atoms with E-state index in [0.717, 1.165) is 0 Å². The van der Waals surface area contributed by atoms with Gasteiger partial charge < -0.3 is 22.2 Å². The van der Waals surface area contributed by atoms with Crippen molar-refractivity contribution in [3.05, 3.63) is 65.2 Å². The number of aromatic nitrogens is 2. The van der Waals surface area contributed by atoms with Crippen LogP contribution in [0.25, 0.3) is 11.4 Å². The van der Waals surface area contributed by atoms with E-state index in [1.807, 2.05) is 0 Å². The number of nitrogens with zero attached hydrogens (tertiary/aromatic N) is 4. The first kappa shape index (κ1) is 21.8. The quantitative estimate of drug-likeness (QED) is 0.612. The largest absolute Gasteiger partial charge is 1.00 e. The molecule has 3 rings (SSSR count). The van der Waals surface area contributed by atoms with Crippen molar-refractivity contribution in [3.63, 3.8) is 0 Å². The third kappa shape index (κ3) is 4.02. The molecular formula is C23H31ClN4. The predicted molar refractivity (Wildman–Crippen MR) is 115 cm³/mol. The Balaban J connectivity index is 0.00000280. The summed E-state index contributed by atoms with van der Waals surface area (Å²) in [5.41, 5.74) is 10.1. The SMILES string of the molecule is Cc1cc(N(C)C)cc(C)c1-n1cc[n+](-c2c(C)cc(N(C)C)cc2C)c1.[Cl-].